The van der Waals surface area contributed by atoms with Crippen LogP contribution in [0.5, 0.6) is 0 Å². The van der Waals surface area contributed by atoms with Crippen LogP contribution in [0, 0.1) is 6.92 Å². The van der Waals surface area contributed by atoms with Gasteiger partial charge in [0.2, 0.25) is 0 Å². The van der Waals surface area contributed by atoms with E-state index in [1.54, 1.807) is 20.8 Å². The number of rotatable bonds is 3. The van der Waals surface area contributed by atoms with Crippen molar-refractivity contribution < 1.29 is 19.0 Å². The lowest BCUT2D eigenvalue weighted by molar-refractivity contribution is -0.170. The first kappa shape index (κ1) is 14.7. The predicted octanol–water partition coefficient (Wildman–Crippen LogP) is 2.86. The van der Waals surface area contributed by atoms with Gasteiger partial charge in [-0.3, -0.25) is 0 Å². The molecule has 1 aromatic rings. The van der Waals surface area contributed by atoms with Crippen LogP contribution in [-0.4, -0.2) is 29.5 Å². The summed E-state index contributed by atoms with van der Waals surface area (Å²) < 4.78 is 16.9. The SMILES string of the molecule is CCOC(=O)[C@@H]1OC(C)(C)O[C@H]1c1sc(Cl)nc1C. The average molecular weight is 306 g/mol. The summed E-state index contributed by atoms with van der Waals surface area (Å²) in [7, 11) is 0. The highest BCUT2D eigenvalue weighted by Crippen LogP contribution is 2.42. The Labute approximate surface area is 120 Å². The molecule has 0 unspecified atom stereocenters. The second-order valence-corrected chi connectivity index (χ2v) is 6.26. The molecule has 0 radical (unpaired) electrons. The zero-order chi connectivity index (χ0) is 14.2. The predicted molar refractivity (Wildman–Crippen MR) is 71.3 cm³/mol. The number of aromatic nitrogens is 1. The van der Waals surface area contributed by atoms with Crippen molar-refractivity contribution in [2.24, 2.45) is 0 Å². The van der Waals surface area contributed by atoms with Gasteiger partial charge in [-0.1, -0.05) is 11.6 Å². The summed E-state index contributed by atoms with van der Waals surface area (Å²) in [6, 6.07) is 0. The van der Waals surface area contributed by atoms with Crippen LogP contribution in [-0.2, 0) is 19.0 Å². The van der Waals surface area contributed by atoms with E-state index in [4.69, 9.17) is 25.8 Å². The lowest BCUT2D eigenvalue weighted by Gasteiger charge is -2.16. The fraction of sp³-hybridized carbons (Fsp3) is 0.667. The number of aryl methyl sites for hydroxylation is 1. The van der Waals surface area contributed by atoms with Crippen molar-refractivity contribution in [1.82, 2.24) is 4.98 Å². The Kier molecular flexibility index (Phi) is 4.15. The van der Waals surface area contributed by atoms with Gasteiger partial charge in [-0.25, -0.2) is 9.78 Å². The molecule has 1 aromatic heterocycles. The van der Waals surface area contributed by atoms with Crippen molar-refractivity contribution in [1.29, 1.82) is 0 Å². The molecule has 0 N–H and O–H groups in total. The maximum atomic E-state index is 12.0. The topological polar surface area (TPSA) is 57.7 Å². The van der Waals surface area contributed by atoms with Crippen molar-refractivity contribution in [2.45, 2.75) is 45.7 Å². The largest absolute Gasteiger partial charge is 0.464 e. The second-order valence-electron chi connectivity index (χ2n) is 4.65. The van der Waals surface area contributed by atoms with E-state index in [2.05, 4.69) is 4.98 Å². The molecule has 0 amide bonds. The Morgan fingerprint density at radius 2 is 2.21 bits per heavy atom. The quantitative estimate of drug-likeness (QED) is 0.804. The molecule has 1 aliphatic heterocycles. The first-order valence-electron chi connectivity index (χ1n) is 5.99. The van der Waals surface area contributed by atoms with Crippen LogP contribution in [0.1, 0.15) is 37.4 Å². The molecule has 7 heteroatoms. The first-order chi connectivity index (χ1) is 8.84. The molecule has 1 aliphatic rings. The van der Waals surface area contributed by atoms with Crippen molar-refractivity contribution in [2.75, 3.05) is 6.61 Å². The average Bonchev–Trinajstić information content (AvgIpc) is 2.78. The Morgan fingerprint density at radius 3 is 2.74 bits per heavy atom. The minimum Gasteiger partial charge on any atom is -0.464 e. The summed E-state index contributed by atoms with van der Waals surface area (Å²) in [6.07, 6.45) is -1.32. The van der Waals surface area contributed by atoms with E-state index >= 15 is 0 Å². The standard InChI is InChI=1S/C12H16ClNO4S/c1-5-16-10(15)8-7(17-12(3,4)18-8)9-6(2)14-11(13)19-9/h7-8H,5H2,1-4H3/t7-,8-/m1/s1. The molecule has 0 saturated carbocycles. The van der Waals surface area contributed by atoms with Crippen LogP contribution in [0.15, 0.2) is 0 Å². The molecular weight excluding hydrogens is 290 g/mol. The van der Waals surface area contributed by atoms with Gasteiger partial charge in [-0.15, -0.1) is 11.3 Å². The normalized spacial score (nSPS) is 25.5. The fourth-order valence-electron chi connectivity index (χ4n) is 1.99. The van der Waals surface area contributed by atoms with Gasteiger partial charge in [0, 0.05) is 0 Å². The van der Waals surface area contributed by atoms with Gasteiger partial charge in [0.25, 0.3) is 0 Å². The Balaban J connectivity index is 2.30. The number of thiazole rings is 1. The van der Waals surface area contributed by atoms with Crippen LogP contribution < -0.4 is 0 Å². The summed E-state index contributed by atoms with van der Waals surface area (Å²) in [5.74, 6) is -1.27. The van der Waals surface area contributed by atoms with Crippen LogP contribution in [0.3, 0.4) is 0 Å². The van der Waals surface area contributed by atoms with Crippen molar-refractivity contribution in [3.8, 4) is 0 Å². The van der Waals surface area contributed by atoms with Gasteiger partial charge in [0.05, 0.1) is 17.2 Å². The number of carbonyl (C=O) groups is 1. The van der Waals surface area contributed by atoms with E-state index in [1.807, 2.05) is 6.92 Å². The maximum absolute atomic E-state index is 12.0. The summed E-state index contributed by atoms with van der Waals surface area (Å²) in [5, 5.41) is 0. The number of hydrogen-bond acceptors (Lipinski definition) is 6. The van der Waals surface area contributed by atoms with Crippen molar-refractivity contribution >= 4 is 28.9 Å². The Morgan fingerprint density at radius 1 is 1.53 bits per heavy atom. The minimum absolute atomic E-state index is 0.300. The van der Waals surface area contributed by atoms with E-state index in [9.17, 15) is 4.79 Å². The molecule has 106 valence electrons. The van der Waals surface area contributed by atoms with E-state index in [1.165, 1.54) is 11.3 Å². The number of esters is 1. The zero-order valence-corrected chi connectivity index (χ0v) is 12.8. The Bertz CT molecular complexity index is 488. The lowest BCUT2D eigenvalue weighted by Crippen LogP contribution is -2.29. The molecule has 0 aromatic carbocycles. The van der Waals surface area contributed by atoms with E-state index in [0.29, 0.717) is 11.1 Å². The van der Waals surface area contributed by atoms with Gasteiger partial charge in [0.15, 0.2) is 16.4 Å². The fourth-order valence-corrected chi connectivity index (χ4v) is 3.21. The molecule has 5 nitrogen and oxygen atoms in total. The number of carbonyl (C=O) groups excluding carboxylic acids is 1. The number of halogens is 1. The maximum Gasteiger partial charge on any atom is 0.338 e. The van der Waals surface area contributed by atoms with E-state index in [-0.39, 0.29) is 0 Å². The zero-order valence-electron chi connectivity index (χ0n) is 11.2. The molecule has 1 saturated heterocycles. The molecule has 2 atom stereocenters. The number of nitrogens with zero attached hydrogens (tertiary/aromatic N) is 1. The summed E-state index contributed by atoms with van der Waals surface area (Å²) in [4.78, 5) is 16.9. The smallest absolute Gasteiger partial charge is 0.338 e. The van der Waals surface area contributed by atoms with E-state index < -0.39 is 24.0 Å². The van der Waals surface area contributed by atoms with Crippen LogP contribution in [0.25, 0.3) is 0 Å². The van der Waals surface area contributed by atoms with Crippen LogP contribution in [0.4, 0.5) is 0 Å². The minimum atomic E-state index is -0.842. The Hall–Kier alpha value is -0.690. The second kappa shape index (κ2) is 5.36. The third-order valence-corrected chi connectivity index (χ3v) is 4.00. The summed E-state index contributed by atoms with van der Waals surface area (Å²) >= 11 is 7.19. The van der Waals surface area contributed by atoms with Crippen LogP contribution >= 0.6 is 22.9 Å². The molecule has 0 bridgehead atoms. The molecule has 0 spiro atoms. The van der Waals surface area contributed by atoms with E-state index in [0.717, 1.165) is 10.6 Å². The van der Waals surface area contributed by atoms with Gasteiger partial charge < -0.3 is 14.2 Å². The highest BCUT2D eigenvalue weighted by atomic mass is 35.5. The van der Waals surface area contributed by atoms with Gasteiger partial charge in [0.1, 0.15) is 6.10 Å². The summed E-state index contributed by atoms with van der Waals surface area (Å²) in [5.41, 5.74) is 0.746. The molecule has 1 fully saturated rings. The highest BCUT2D eigenvalue weighted by molar-refractivity contribution is 7.15. The summed E-state index contributed by atoms with van der Waals surface area (Å²) in [6.45, 7) is 7.40. The molecule has 2 heterocycles. The van der Waals surface area contributed by atoms with Gasteiger partial charge in [-0.2, -0.15) is 0 Å². The third-order valence-electron chi connectivity index (χ3n) is 2.68. The lowest BCUT2D eigenvalue weighted by atomic mass is 10.1. The molecule has 2 rings (SSSR count). The van der Waals surface area contributed by atoms with Crippen molar-refractivity contribution in [3.63, 3.8) is 0 Å². The monoisotopic (exact) mass is 305 g/mol. The molecular formula is C12H16ClNO4S. The third kappa shape index (κ3) is 3.08. The molecule has 0 aliphatic carbocycles. The number of hydrogen-bond donors (Lipinski definition) is 0. The van der Waals surface area contributed by atoms with Gasteiger partial charge >= 0.3 is 5.97 Å². The first-order valence-corrected chi connectivity index (χ1v) is 7.18. The highest BCUT2D eigenvalue weighted by Gasteiger charge is 2.48. The number of ether oxygens (including phenoxy) is 3. The van der Waals surface area contributed by atoms with Crippen LogP contribution in [0.2, 0.25) is 4.47 Å². The van der Waals surface area contributed by atoms with Crippen molar-refractivity contribution in [3.05, 3.63) is 15.0 Å². The van der Waals surface area contributed by atoms with Gasteiger partial charge in [-0.05, 0) is 27.7 Å². The molecule has 19 heavy (non-hydrogen) atoms.